The summed E-state index contributed by atoms with van der Waals surface area (Å²) in [5, 5.41) is 3.41. The maximum absolute atomic E-state index is 5.74. The second-order valence-electron chi connectivity index (χ2n) is 4.66. The molecule has 1 aromatic rings. The van der Waals surface area contributed by atoms with Gasteiger partial charge in [-0.2, -0.15) is 0 Å². The summed E-state index contributed by atoms with van der Waals surface area (Å²) in [5.74, 6) is 2.09. The Hall–Kier alpha value is -0.800. The summed E-state index contributed by atoms with van der Waals surface area (Å²) in [4.78, 5) is 2.23. The van der Waals surface area contributed by atoms with Gasteiger partial charge in [0.25, 0.3) is 0 Å². The van der Waals surface area contributed by atoms with Crippen LogP contribution >= 0.6 is 0 Å². The highest BCUT2D eigenvalue weighted by Gasteiger charge is 2.08. The molecule has 0 saturated heterocycles. The van der Waals surface area contributed by atoms with Crippen molar-refractivity contribution < 1.29 is 4.42 Å². The minimum Gasteiger partial charge on any atom is -0.465 e. The van der Waals surface area contributed by atoms with E-state index in [2.05, 4.69) is 44.1 Å². The highest BCUT2D eigenvalue weighted by Crippen LogP contribution is 2.15. The summed E-state index contributed by atoms with van der Waals surface area (Å²) in [6.07, 6.45) is 0. The minimum absolute atomic E-state index is 0.510. The van der Waals surface area contributed by atoms with Crippen LogP contribution < -0.4 is 5.32 Å². The van der Waals surface area contributed by atoms with Crippen LogP contribution in [0.5, 0.6) is 0 Å². The van der Waals surface area contributed by atoms with Gasteiger partial charge < -0.3 is 9.73 Å². The van der Waals surface area contributed by atoms with Crippen LogP contribution in [0.4, 0.5) is 0 Å². The molecule has 16 heavy (non-hydrogen) atoms. The average molecular weight is 224 g/mol. The van der Waals surface area contributed by atoms with Crippen molar-refractivity contribution in [2.75, 3.05) is 13.6 Å². The van der Waals surface area contributed by atoms with E-state index >= 15 is 0 Å². The molecule has 0 aliphatic rings. The Bertz CT molecular complexity index is 318. The van der Waals surface area contributed by atoms with Gasteiger partial charge in [0.2, 0.25) is 0 Å². The summed E-state index contributed by atoms with van der Waals surface area (Å²) >= 11 is 0. The van der Waals surface area contributed by atoms with Crippen LogP contribution in [0.3, 0.4) is 0 Å². The fraction of sp³-hybridized carbons (Fsp3) is 0.692. The molecule has 1 rings (SSSR count). The van der Waals surface area contributed by atoms with Crippen LogP contribution in [-0.4, -0.2) is 24.5 Å². The van der Waals surface area contributed by atoms with Gasteiger partial charge in [0.15, 0.2) is 0 Å². The Morgan fingerprint density at radius 3 is 2.69 bits per heavy atom. The van der Waals surface area contributed by atoms with Gasteiger partial charge in [-0.05, 0) is 26.6 Å². The first-order valence-corrected chi connectivity index (χ1v) is 6.03. The van der Waals surface area contributed by atoms with E-state index in [1.54, 1.807) is 0 Å². The summed E-state index contributed by atoms with van der Waals surface area (Å²) < 4.78 is 5.74. The molecule has 0 radical (unpaired) electrons. The van der Waals surface area contributed by atoms with Crippen LogP contribution in [0, 0.1) is 6.92 Å². The van der Waals surface area contributed by atoms with Gasteiger partial charge in [-0.1, -0.05) is 20.8 Å². The van der Waals surface area contributed by atoms with E-state index < -0.39 is 0 Å². The van der Waals surface area contributed by atoms with E-state index in [0.717, 1.165) is 31.2 Å². The van der Waals surface area contributed by atoms with Crippen molar-refractivity contribution in [3.63, 3.8) is 0 Å². The van der Waals surface area contributed by atoms with Crippen LogP contribution in [-0.2, 0) is 13.1 Å². The Balaban J connectivity index is 2.59. The number of hydrogen-bond acceptors (Lipinski definition) is 3. The average Bonchev–Trinajstić information content (AvgIpc) is 2.55. The van der Waals surface area contributed by atoms with Crippen molar-refractivity contribution in [3.8, 4) is 0 Å². The van der Waals surface area contributed by atoms with Gasteiger partial charge in [-0.25, -0.2) is 0 Å². The van der Waals surface area contributed by atoms with Crippen LogP contribution in [0.1, 0.15) is 37.9 Å². The molecule has 0 aliphatic carbocycles. The van der Waals surface area contributed by atoms with Crippen molar-refractivity contribution in [2.24, 2.45) is 0 Å². The minimum atomic E-state index is 0.510. The molecule has 92 valence electrons. The molecule has 0 aliphatic heterocycles. The lowest BCUT2D eigenvalue weighted by atomic mass is 10.2. The fourth-order valence-electron chi connectivity index (χ4n) is 1.53. The third-order valence-corrected chi connectivity index (χ3v) is 2.74. The summed E-state index contributed by atoms with van der Waals surface area (Å²) in [6, 6.07) is 2.67. The van der Waals surface area contributed by atoms with E-state index in [0.29, 0.717) is 6.04 Å². The number of rotatable bonds is 6. The van der Waals surface area contributed by atoms with Gasteiger partial charge in [-0.3, -0.25) is 4.90 Å². The molecule has 3 nitrogen and oxygen atoms in total. The third-order valence-electron chi connectivity index (χ3n) is 2.74. The second-order valence-corrected chi connectivity index (χ2v) is 4.66. The largest absolute Gasteiger partial charge is 0.465 e. The molecule has 0 aromatic carbocycles. The SMILES string of the molecule is CCN(C)Cc1cc(CNC(C)C)c(C)o1. The first-order valence-electron chi connectivity index (χ1n) is 6.03. The van der Waals surface area contributed by atoms with Crippen molar-refractivity contribution in [3.05, 3.63) is 23.2 Å². The van der Waals surface area contributed by atoms with E-state index in [-0.39, 0.29) is 0 Å². The Kier molecular flexibility index (Phi) is 5.03. The van der Waals surface area contributed by atoms with E-state index in [1.165, 1.54) is 5.56 Å². The summed E-state index contributed by atoms with van der Waals surface area (Å²) in [7, 11) is 2.10. The second kappa shape index (κ2) is 6.06. The zero-order chi connectivity index (χ0) is 12.1. The number of nitrogens with zero attached hydrogens (tertiary/aromatic N) is 1. The quantitative estimate of drug-likeness (QED) is 0.805. The van der Waals surface area contributed by atoms with Gasteiger partial charge in [0.1, 0.15) is 11.5 Å². The summed E-state index contributed by atoms with van der Waals surface area (Å²) in [5.41, 5.74) is 1.27. The first kappa shape index (κ1) is 13.3. The summed E-state index contributed by atoms with van der Waals surface area (Å²) in [6.45, 7) is 11.3. The fourth-order valence-corrected chi connectivity index (χ4v) is 1.53. The number of hydrogen-bond donors (Lipinski definition) is 1. The molecular weight excluding hydrogens is 200 g/mol. The van der Waals surface area contributed by atoms with Gasteiger partial charge in [0.05, 0.1) is 6.54 Å². The van der Waals surface area contributed by atoms with Crippen molar-refractivity contribution in [2.45, 2.75) is 46.8 Å². The van der Waals surface area contributed by atoms with E-state index in [4.69, 9.17) is 4.42 Å². The van der Waals surface area contributed by atoms with E-state index in [1.807, 2.05) is 6.92 Å². The maximum atomic E-state index is 5.74. The Labute approximate surface area is 98.8 Å². The topological polar surface area (TPSA) is 28.4 Å². The third kappa shape index (κ3) is 3.99. The number of furan rings is 1. The molecule has 0 saturated carbocycles. The lowest BCUT2D eigenvalue weighted by Crippen LogP contribution is -2.21. The van der Waals surface area contributed by atoms with Crippen molar-refractivity contribution in [1.82, 2.24) is 10.2 Å². The predicted molar refractivity (Wildman–Crippen MR) is 67.4 cm³/mol. The zero-order valence-electron chi connectivity index (χ0n) is 11.1. The smallest absolute Gasteiger partial charge is 0.118 e. The molecule has 3 heteroatoms. The standard InChI is InChI=1S/C13H24N2O/c1-6-15(5)9-13-7-12(11(4)16-13)8-14-10(2)3/h7,10,14H,6,8-9H2,1-5H3. The molecule has 0 fully saturated rings. The molecule has 0 spiro atoms. The molecule has 0 unspecified atom stereocenters. The molecule has 0 atom stereocenters. The highest BCUT2D eigenvalue weighted by molar-refractivity contribution is 5.20. The first-order chi connectivity index (χ1) is 7.52. The van der Waals surface area contributed by atoms with Crippen LogP contribution in [0.15, 0.2) is 10.5 Å². The van der Waals surface area contributed by atoms with Crippen molar-refractivity contribution >= 4 is 0 Å². The molecule has 0 bridgehead atoms. The van der Waals surface area contributed by atoms with Crippen molar-refractivity contribution in [1.29, 1.82) is 0 Å². The lowest BCUT2D eigenvalue weighted by molar-refractivity contribution is 0.306. The Morgan fingerprint density at radius 1 is 1.44 bits per heavy atom. The molecule has 0 amide bonds. The predicted octanol–water partition coefficient (Wildman–Crippen LogP) is 2.54. The number of nitrogens with one attached hydrogen (secondary N) is 1. The Morgan fingerprint density at radius 2 is 2.12 bits per heavy atom. The van der Waals surface area contributed by atoms with Crippen LogP contribution in [0.2, 0.25) is 0 Å². The lowest BCUT2D eigenvalue weighted by Gasteiger charge is -2.10. The van der Waals surface area contributed by atoms with Crippen LogP contribution in [0.25, 0.3) is 0 Å². The van der Waals surface area contributed by atoms with E-state index in [9.17, 15) is 0 Å². The van der Waals surface area contributed by atoms with Gasteiger partial charge >= 0.3 is 0 Å². The number of aryl methyl sites for hydroxylation is 1. The molecule has 1 heterocycles. The van der Waals surface area contributed by atoms with Gasteiger partial charge in [-0.15, -0.1) is 0 Å². The highest BCUT2D eigenvalue weighted by atomic mass is 16.3. The normalized spacial score (nSPS) is 11.7. The molecular formula is C13H24N2O. The molecule has 1 N–H and O–H groups in total. The zero-order valence-corrected chi connectivity index (χ0v) is 11.1. The van der Waals surface area contributed by atoms with Gasteiger partial charge in [0, 0.05) is 18.2 Å². The molecule has 1 aromatic heterocycles. The maximum Gasteiger partial charge on any atom is 0.118 e. The monoisotopic (exact) mass is 224 g/mol.